The molecular formula is C33H28OP2. The van der Waals surface area contributed by atoms with Crippen molar-refractivity contribution >= 4 is 47.6 Å². The second-order valence-corrected chi connectivity index (χ2v) is 14.7. The monoisotopic (exact) mass is 502 g/mol. The van der Waals surface area contributed by atoms with Gasteiger partial charge in [-0.05, 0) is 41.8 Å². The maximum atomic E-state index is 13.8. The van der Waals surface area contributed by atoms with Crippen LogP contribution in [0.25, 0.3) is 0 Å². The minimum Gasteiger partial charge on any atom is -0.289 e. The lowest BCUT2D eigenvalue weighted by molar-refractivity contribution is 0.107. The second-order valence-electron chi connectivity index (χ2n) is 8.64. The Balaban J connectivity index is 1.78. The first-order valence-corrected chi connectivity index (χ1v) is 15.7. The van der Waals surface area contributed by atoms with Crippen LogP contribution in [0, 0.1) is 0 Å². The summed E-state index contributed by atoms with van der Waals surface area (Å²) in [7, 11) is -0.720. The van der Waals surface area contributed by atoms with E-state index in [0.717, 1.165) is 11.5 Å². The van der Waals surface area contributed by atoms with Gasteiger partial charge >= 0.3 is 0 Å². The lowest BCUT2D eigenvalue weighted by atomic mass is 10.2. The van der Waals surface area contributed by atoms with Gasteiger partial charge in [-0.1, -0.05) is 152 Å². The molecule has 0 aliphatic carbocycles. The van der Waals surface area contributed by atoms with Crippen LogP contribution in [-0.2, 0) is 0 Å². The van der Waals surface area contributed by atoms with Crippen LogP contribution in [0.5, 0.6) is 0 Å². The van der Waals surface area contributed by atoms with E-state index in [-0.39, 0.29) is 5.78 Å². The fraction of sp³-hybridized carbons (Fsp3) is 0.0303. The highest BCUT2D eigenvalue weighted by atomic mass is 31.2. The summed E-state index contributed by atoms with van der Waals surface area (Å²) in [5.41, 5.74) is 0.734. The Labute approximate surface area is 215 Å². The summed E-state index contributed by atoms with van der Waals surface area (Å²) in [4.78, 5) is 13.8. The van der Waals surface area contributed by atoms with Gasteiger partial charge in [0.25, 0.3) is 0 Å². The molecule has 0 bridgehead atoms. The van der Waals surface area contributed by atoms with Gasteiger partial charge in [0.05, 0.1) is 0 Å². The molecule has 0 N–H and O–H groups in total. The Morgan fingerprint density at radius 1 is 0.528 bits per heavy atom. The molecular weight excluding hydrogens is 474 g/mol. The maximum Gasteiger partial charge on any atom is 0.186 e. The van der Waals surface area contributed by atoms with Crippen LogP contribution >= 0.6 is 14.8 Å². The number of ketones is 1. The smallest absolute Gasteiger partial charge is 0.186 e. The lowest BCUT2D eigenvalue weighted by Gasteiger charge is -2.32. The zero-order chi connectivity index (χ0) is 24.6. The van der Waals surface area contributed by atoms with Crippen LogP contribution in [0.15, 0.2) is 152 Å². The summed E-state index contributed by atoms with van der Waals surface area (Å²) < 4.78 is 0. The van der Waals surface area contributed by atoms with Crippen molar-refractivity contribution in [3.63, 3.8) is 0 Å². The molecule has 5 aromatic rings. The molecule has 3 heteroatoms. The number of carbonyl (C=O) groups is 1. The molecule has 1 nitrogen and oxygen atoms in total. The first-order chi connectivity index (χ1) is 17.8. The van der Waals surface area contributed by atoms with Crippen molar-refractivity contribution in [1.82, 2.24) is 0 Å². The Hall–Kier alpha value is -3.50. The molecule has 0 atom stereocenters. The van der Waals surface area contributed by atoms with E-state index in [9.17, 15) is 4.79 Å². The summed E-state index contributed by atoms with van der Waals surface area (Å²) >= 11 is 0. The van der Waals surface area contributed by atoms with Gasteiger partial charge in [-0.15, -0.1) is 0 Å². The lowest BCUT2D eigenvalue weighted by Crippen LogP contribution is -2.26. The van der Waals surface area contributed by atoms with E-state index in [1.54, 1.807) is 0 Å². The first kappa shape index (κ1) is 24.2. The molecule has 0 aliphatic rings. The summed E-state index contributed by atoms with van der Waals surface area (Å²) in [5.74, 6) is 3.06. The van der Waals surface area contributed by atoms with E-state index in [4.69, 9.17) is 0 Å². The van der Waals surface area contributed by atoms with Crippen LogP contribution in [-0.4, -0.2) is 17.5 Å². The fourth-order valence-corrected chi connectivity index (χ4v) is 13.2. The van der Waals surface area contributed by atoms with Gasteiger partial charge in [0.15, 0.2) is 5.78 Å². The molecule has 0 fully saturated rings. The third kappa shape index (κ3) is 5.34. The van der Waals surface area contributed by atoms with Crippen LogP contribution in [0.4, 0.5) is 0 Å². The second kappa shape index (κ2) is 11.5. The average molecular weight is 503 g/mol. The Morgan fingerprint density at radius 3 is 1.31 bits per heavy atom. The standard InChI is InChI=1S/C33H28OP2/c34-33(28-16-6-1-7-17-28)26-36(31-22-12-4-13-23-31,32-24-14-5-15-25-32)27-35(29-18-8-2-9-19-29)30-20-10-3-11-21-30/h1-26H,27H2. The van der Waals surface area contributed by atoms with Crippen LogP contribution < -0.4 is 21.2 Å². The summed E-state index contributed by atoms with van der Waals surface area (Å²) in [6.45, 7) is -2.26. The third-order valence-electron chi connectivity index (χ3n) is 6.33. The van der Waals surface area contributed by atoms with E-state index in [2.05, 4.69) is 127 Å². The predicted octanol–water partition coefficient (Wildman–Crippen LogP) is 6.43. The number of hydrogen-bond donors (Lipinski definition) is 0. The van der Waals surface area contributed by atoms with E-state index >= 15 is 0 Å². The maximum absolute atomic E-state index is 13.8. The summed E-state index contributed by atoms with van der Waals surface area (Å²) in [5, 5.41) is 5.13. The van der Waals surface area contributed by atoms with E-state index in [0.29, 0.717) is 0 Å². The van der Waals surface area contributed by atoms with Crippen molar-refractivity contribution in [2.75, 3.05) is 5.90 Å². The molecule has 0 unspecified atom stereocenters. The van der Waals surface area contributed by atoms with Crippen LogP contribution in [0.3, 0.4) is 0 Å². The molecule has 0 saturated heterocycles. The largest absolute Gasteiger partial charge is 0.289 e. The molecule has 5 aromatic carbocycles. The van der Waals surface area contributed by atoms with E-state index < -0.39 is 14.8 Å². The highest BCUT2D eigenvalue weighted by Crippen LogP contribution is 2.55. The molecule has 0 aliphatic heterocycles. The van der Waals surface area contributed by atoms with Crippen molar-refractivity contribution in [2.24, 2.45) is 0 Å². The molecule has 176 valence electrons. The van der Waals surface area contributed by atoms with Gasteiger partial charge < -0.3 is 0 Å². The number of carbonyl (C=O) groups excluding carboxylic acids is 1. The molecule has 0 spiro atoms. The first-order valence-electron chi connectivity index (χ1n) is 12.1. The summed E-state index contributed by atoms with van der Waals surface area (Å²) in [6, 6.07) is 52.6. The van der Waals surface area contributed by atoms with Gasteiger partial charge in [-0.25, -0.2) is 0 Å². The average Bonchev–Trinajstić information content (AvgIpc) is 2.97. The zero-order valence-corrected chi connectivity index (χ0v) is 21.8. The van der Waals surface area contributed by atoms with Crippen molar-refractivity contribution in [2.45, 2.75) is 0 Å². The van der Waals surface area contributed by atoms with Gasteiger partial charge in [-0.2, -0.15) is 0 Å². The molecule has 0 radical (unpaired) electrons. The van der Waals surface area contributed by atoms with Crippen molar-refractivity contribution in [1.29, 1.82) is 0 Å². The Bertz CT molecular complexity index is 1370. The van der Waals surface area contributed by atoms with Crippen molar-refractivity contribution < 1.29 is 4.79 Å². The third-order valence-corrected chi connectivity index (χ3v) is 14.2. The highest BCUT2D eigenvalue weighted by Gasteiger charge is 2.29. The SMILES string of the molecule is O=C(C=P(CP(c1ccccc1)c1ccccc1)(c1ccccc1)c1ccccc1)c1ccccc1. The summed E-state index contributed by atoms with van der Waals surface area (Å²) in [6.07, 6.45) is 0. The van der Waals surface area contributed by atoms with Gasteiger partial charge in [0.2, 0.25) is 0 Å². The molecule has 0 saturated carbocycles. The predicted molar refractivity (Wildman–Crippen MR) is 160 cm³/mol. The fourth-order valence-electron chi connectivity index (χ4n) is 4.52. The number of rotatable bonds is 8. The number of Topliss-reactive ketones (excluding diaryl/α,β-unsaturated/α-hetero) is 1. The molecule has 0 heterocycles. The van der Waals surface area contributed by atoms with Gasteiger partial charge in [-0.3, -0.25) is 4.79 Å². The minimum atomic E-state index is -2.26. The topological polar surface area (TPSA) is 17.1 Å². The van der Waals surface area contributed by atoms with Gasteiger partial charge in [0, 0.05) is 11.5 Å². The van der Waals surface area contributed by atoms with Crippen molar-refractivity contribution in [3.8, 4) is 0 Å². The number of benzene rings is 5. The van der Waals surface area contributed by atoms with E-state index in [1.807, 2.05) is 30.3 Å². The van der Waals surface area contributed by atoms with Crippen molar-refractivity contribution in [3.05, 3.63) is 157 Å². The molecule has 0 aromatic heterocycles. The number of hydrogen-bond acceptors (Lipinski definition) is 1. The van der Waals surface area contributed by atoms with Crippen LogP contribution in [0.2, 0.25) is 0 Å². The highest BCUT2D eigenvalue weighted by molar-refractivity contribution is 7.98. The quantitative estimate of drug-likeness (QED) is 0.177. The molecule has 5 rings (SSSR count). The zero-order valence-electron chi connectivity index (χ0n) is 20.0. The van der Waals surface area contributed by atoms with E-state index in [1.165, 1.54) is 21.2 Å². The Morgan fingerprint density at radius 2 is 0.889 bits per heavy atom. The molecule has 36 heavy (non-hydrogen) atoms. The minimum absolute atomic E-state index is 0.0905. The normalized spacial score (nSPS) is 11.2. The molecule has 0 amide bonds. The Kier molecular flexibility index (Phi) is 7.73. The van der Waals surface area contributed by atoms with Crippen LogP contribution in [0.1, 0.15) is 10.4 Å². The van der Waals surface area contributed by atoms with Gasteiger partial charge in [0.1, 0.15) is 0 Å².